The van der Waals surface area contributed by atoms with Crippen LogP contribution in [0, 0.1) is 28.5 Å². The number of rotatable bonds is 12. The number of imidazole rings is 1. The first kappa shape index (κ1) is 31.0. The van der Waals surface area contributed by atoms with Crippen LogP contribution in [0.5, 0.6) is 5.88 Å². The van der Waals surface area contributed by atoms with Gasteiger partial charge in [-0.15, -0.1) is 0 Å². The first-order valence-electron chi connectivity index (χ1n) is 16.4. The van der Waals surface area contributed by atoms with E-state index in [0.29, 0.717) is 35.5 Å². The molecule has 0 radical (unpaired) electrons. The third-order valence-electron chi connectivity index (χ3n) is 9.93. The maximum Gasteiger partial charge on any atom is 0.337 e. The molecule has 47 heavy (non-hydrogen) atoms. The van der Waals surface area contributed by atoms with E-state index in [4.69, 9.17) is 19.4 Å². The van der Waals surface area contributed by atoms with Crippen LogP contribution in [-0.4, -0.2) is 51.4 Å². The third kappa shape index (κ3) is 6.77. The summed E-state index contributed by atoms with van der Waals surface area (Å²) in [6.45, 7) is 3.19. The highest BCUT2D eigenvalue weighted by Gasteiger charge is 2.43. The summed E-state index contributed by atoms with van der Waals surface area (Å²) >= 11 is 0. The summed E-state index contributed by atoms with van der Waals surface area (Å²) in [5.74, 6) is 0.910. The lowest BCUT2D eigenvalue weighted by molar-refractivity contribution is 0.0600. The minimum absolute atomic E-state index is 0.00574. The van der Waals surface area contributed by atoms with Gasteiger partial charge in [0.2, 0.25) is 5.88 Å². The molecule has 0 N–H and O–H groups in total. The molecule has 10 heteroatoms. The number of aromatic nitrogens is 3. The van der Waals surface area contributed by atoms with Gasteiger partial charge in [0.05, 0.1) is 36.3 Å². The van der Waals surface area contributed by atoms with E-state index >= 15 is 0 Å². The van der Waals surface area contributed by atoms with E-state index in [9.17, 15) is 19.2 Å². The van der Waals surface area contributed by atoms with Crippen LogP contribution in [0.4, 0.5) is 4.39 Å². The molecule has 4 aromatic rings. The van der Waals surface area contributed by atoms with Gasteiger partial charge in [-0.25, -0.2) is 19.2 Å². The Hall–Kier alpha value is -4.62. The summed E-state index contributed by atoms with van der Waals surface area (Å²) in [6, 6.07) is 18.2. The number of carbonyl (C=O) groups is 2. The molecule has 2 aliphatic carbocycles. The molecule has 242 valence electrons. The van der Waals surface area contributed by atoms with Gasteiger partial charge in [-0.3, -0.25) is 9.69 Å². The standard InChI is InChI=1S/C37H38FN5O4/c1-46-36(45)27-9-10-32-31(20-27)40-33(43(32)23-37(13-14-37)15-16-39)21-42-17-11-24(12-18-42)30-3-2-4-34(41-30)47-22-28-8-7-26(19-29(28)38)35(44)25-5-6-25/h2-4,7-10,19-20,24-25H,5-6,11-15,17-18,21-23H2,1H3. The molecule has 3 fully saturated rings. The average Bonchev–Trinajstić information content (AvgIpc) is 4.03. The Labute approximate surface area is 273 Å². The fourth-order valence-electron chi connectivity index (χ4n) is 6.67. The summed E-state index contributed by atoms with van der Waals surface area (Å²) in [4.78, 5) is 36.6. The van der Waals surface area contributed by atoms with Gasteiger partial charge in [0, 0.05) is 53.1 Å². The fourth-order valence-corrected chi connectivity index (χ4v) is 6.67. The van der Waals surface area contributed by atoms with Crippen LogP contribution in [0.3, 0.4) is 0 Å². The lowest BCUT2D eigenvalue weighted by Gasteiger charge is -2.31. The lowest BCUT2D eigenvalue weighted by Crippen LogP contribution is -2.34. The van der Waals surface area contributed by atoms with Crippen LogP contribution in [0.2, 0.25) is 0 Å². The van der Waals surface area contributed by atoms with Crippen molar-refractivity contribution in [3.63, 3.8) is 0 Å². The van der Waals surface area contributed by atoms with Crippen molar-refractivity contribution in [3.8, 4) is 11.9 Å². The molecule has 2 aromatic carbocycles. The second kappa shape index (κ2) is 12.9. The van der Waals surface area contributed by atoms with Gasteiger partial charge in [-0.05, 0) is 81.9 Å². The quantitative estimate of drug-likeness (QED) is 0.127. The number of likely N-dealkylation sites (tertiary alicyclic amines) is 1. The zero-order valence-electron chi connectivity index (χ0n) is 26.6. The molecular weight excluding hydrogens is 597 g/mol. The number of nitrogens with zero attached hydrogens (tertiary/aromatic N) is 5. The summed E-state index contributed by atoms with van der Waals surface area (Å²) in [6.07, 6.45) is 6.21. The van der Waals surface area contributed by atoms with Crippen molar-refractivity contribution in [2.24, 2.45) is 11.3 Å². The monoisotopic (exact) mass is 635 g/mol. The second-order valence-electron chi connectivity index (χ2n) is 13.3. The zero-order valence-corrected chi connectivity index (χ0v) is 26.6. The predicted molar refractivity (Wildman–Crippen MR) is 172 cm³/mol. The first-order valence-corrected chi connectivity index (χ1v) is 16.4. The molecule has 0 atom stereocenters. The van der Waals surface area contributed by atoms with Gasteiger partial charge >= 0.3 is 5.97 Å². The van der Waals surface area contributed by atoms with Crippen LogP contribution < -0.4 is 4.74 Å². The Morgan fingerprint density at radius 3 is 2.51 bits per heavy atom. The average molecular weight is 636 g/mol. The highest BCUT2D eigenvalue weighted by molar-refractivity contribution is 5.99. The smallest absolute Gasteiger partial charge is 0.337 e. The molecule has 2 saturated carbocycles. The van der Waals surface area contributed by atoms with Gasteiger partial charge in [0.1, 0.15) is 18.2 Å². The van der Waals surface area contributed by atoms with Gasteiger partial charge in [0.15, 0.2) is 5.78 Å². The van der Waals surface area contributed by atoms with Crippen molar-refractivity contribution in [2.45, 2.75) is 70.6 Å². The van der Waals surface area contributed by atoms with Gasteiger partial charge in [-0.2, -0.15) is 5.26 Å². The number of esters is 1. The number of carbonyl (C=O) groups excluding carboxylic acids is 2. The number of pyridine rings is 1. The Morgan fingerprint density at radius 2 is 1.81 bits per heavy atom. The molecule has 7 rings (SSSR count). The van der Waals surface area contributed by atoms with Crippen LogP contribution in [0.1, 0.15) is 88.7 Å². The molecule has 1 saturated heterocycles. The molecule has 3 heterocycles. The second-order valence-corrected chi connectivity index (χ2v) is 13.3. The number of ketones is 1. The van der Waals surface area contributed by atoms with E-state index in [1.807, 2.05) is 18.2 Å². The van der Waals surface area contributed by atoms with E-state index in [2.05, 4.69) is 15.5 Å². The topological polar surface area (TPSA) is 110 Å². The molecular formula is C37H38FN5O4. The minimum atomic E-state index is -0.435. The summed E-state index contributed by atoms with van der Waals surface area (Å²) in [7, 11) is 1.37. The number of benzene rings is 2. The lowest BCUT2D eigenvalue weighted by atomic mass is 9.93. The van der Waals surface area contributed by atoms with Crippen LogP contribution in [0.15, 0.2) is 54.6 Å². The number of hydrogen-bond acceptors (Lipinski definition) is 8. The molecule has 0 bridgehead atoms. The van der Waals surface area contributed by atoms with E-state index in [-0.39, 0.29) is 35.6 Å². The number of hydrogen-bond donors (Lipinski definition) is 0. The maximum absolute atomic E-state index is 14.7. The number of piperidine rings is 1. The molecule has 1 aliphatic heterocycles. The number of nitriles is 1. The summed E-state index contributed by atoms with van der Waals surface area (Å²) < 4.78 is 27.8. The van der Waals surface area contributed by atoms with Crippen molar-refractivity contribution >= 4 is 22.8 Å². The molecule has 9 nitrogen and oxygen atoms in total. The largest absolute Gasteiger partial charge is 0.473 e. The molecule has 0 unspecified atom stereocenters. The normalized spacial score (nSPS) is 17.7. The maximum atomic E-state index is 14.7. The van der Waals surface area contributed by atoms with E-state index in [0.717, 1.165) is 80.7 Å². The van der Waals surface area contributed by atoms with Crippen molar-refractivity contribution < 1.29 is 23.5 Å². The van der Waals surface area contributed by atoms with Crippen molar-refractivity contribution in [1.29, 1.82) is 5.26 Å². The Morgan fingerprint density at radius 1 is 1.02 bits per heavy atom. The van der Waals surface area contributed by atoms with E-state index in [1.54, 1.807) is 30.3 Å². The number of methoxy groups -OCH3 is 1. The van der Waals surface area contributed by atoms with Crippen molar-refractivity contribution in [2.75, 3.05) is 20.2 Å². The number of ether oxygens (including phenoxy) is 2. The molecule has 2 aromatic heterocycles. The zero-order chi connectivity index (χ0) is 32.5. The molecule has 0 amide bonds. The Kier molecular flexibility index (Phi) is 8.50. The summed E-state index contributed by atoms with van der Waals surface area (Å²) in [5, 5.41) is 9.44. The number of fused-ring (bicyclic) bond motifs is 1. The Balaban J connectivity index is 0.997. The summed E-state index contributed by atoms with van der Waals surface area (Å²) in [5.41, 5.74) is 3.97. The Bertz CT molecular complexity index is 1860. The first-order chi connectivity index (χ1) is 22.8. The SMILES string of the molecule is COC(=O)c1ccc2c(c1)nc(CN1CCC(c3cccc(OCc4ccc(C(=O)C5CC5)cc4F)n3)CC1)n2CC1(CC#N)CC1. The minimum Gasteiger partial charge on any atom is -0.473 e. The van der Waals surface area contributed by atoms with Crippen molar-refractivity contribution in [3.05, 3.63) is 88.6 Å². The highest BCUT2D eigenvalue weighted by Crippen LogP contribution is 2.50. The van der Waals surface area contributed by atoms with E-state index < -0.39 is 5.82 Å². The number of Topliss-reactive ketones (excluding diaryl/α,β-unsaturated/α-hetero) is 1. The number of halogens is 1. The third-order valence-corrected chi connectivity index (χ3v) is 9.93. The van der Waals surface area contributed by atoms with Gasteiger partial charge < -0.3 is 14.0 Å². The predicted octanol–water partition coefficient (Wildman–Crippen LogP) is 6.60. The van der Waals surface area contributed by atoms with Crippen LogP contribution in [0.25, 0.3) is 11.0 Å². The van der Waals surface area contributed by atoms with Crippen molar-refractivity contribution in [1.82, 2.24) is 19.4 Å². The van der Waals surface area contributed by atoms with Crippen LogP contribution >= 0.6 is 0 Å². The van der Waals surface area contributed by atoms with Gasteiger partial charge in [-0.1, -0.05) is 18.2 Å². The van der Waals surface area contributed by atoms with Crippen LogP contribution in [-0.2, 0) is 24.4 Å². The molecule has 3 aliphatic rings. The van der Waals surface area contributed by atoms with Gasteiger partial charge in [0.25, 0.3) is 0 Å². The molecule has 0 spiro atoms. The fraction of sp³-hybridized carbons (Fsp3) is 0.432. The highest BCUT2D eigenvalue weighted by atomic mass is 19.1. The van der Waals surface area contributed by atoms with E-state index in [1.165, 1.54) is 13.2 Å².